The lowest BCUT2D eigenvalue weighted by Crippen LogP contribution is -2.07. The van der Waals surface area contributed by atoms with Gasteiger partial charge in [-0.3, -0.25) is 0 Å². The van der Waals surface area contributed by atoms with Crippen LogP contribution in [0.15, 0.2) is 30.3 Å². The molecule has 1 rings (SSSR count). The fourth-order valence-electron chi connectivity index (χ4n) is 2.32. The maximum atomic E-state index is 11.7. The monoisotopic (exact) mass is 262 g/mol. The van der Waals surface area contributed by atoms with E-state index in [4.69, 9.17) is 4.74 Å². The van der Waals surface area contributed by atoms with Crippen LogP contribution in [0.2, 0.25) is 0 Å². The lowest BCUT2D eigenvalue weighted by Gasteiger charge is -2.13. The molecule has 0 saturated heterocycles. The van der Waals surface area contributed by atoms with Crippen LogP contribution in [0.4, 0.5) is 0 Å². The lowest BCUT2D eigenvalue weighted by molar-refractivity contribution is 0.0496. The molecule has 0 aliphatic carbocycles. The Bertz CT molecular complexity index is 346. The molecule has 1 atom stereocenters. The van der Waals surface area contributed by atoms with Gasteiger partial charge in [-0.2, -0.15) is 0 Å². The summed E-state index contributed by atoms with van der Waals surface area (Å²) in [4.78, 5) is 11.7. The van der Waals surface area contributed by atoms with Gasteiger partial charge >= 0.3 is 5.97 Å². The molecule has 1 aromatic carbocycles. The summed E-state index contributed by atoms with van der Waals surface area (Å²) >= 11 is 0. The zero-order valence-corrected chi connectivity index (χ0v) is 12.2. The highest BCUT2D eigenvalue weighted by Crippen LogP contribution is 2.18. The minimum absolute atomic E-state index is 0.207. The highest BCUT2D eigenvalue weighted by molar-refractivity contribution is 5.89. The van der Waals surface area contributed by atoms with Gasteiger partial charge in [0.15, 0.2) is 0 Å². The van der Waals surface area contributed by atoms with Gasteiger partial charge in [-0.05, 0) is 30.9 Å². The number of carbonyl (C=O) groups is 1. The fourth-order valence-corrected chi connectivity index (χ4v) is 2.32. The molecule has 0 aliphatic rings. The van der Waals surface area contributed by atoms with Crippen LogP contribution in [0.5, 0.6) is 0 Å². The van der Waals surface area contributed by atoms with Gasteiger partial charge < -0.3 is 4.74 Å². The third-order valence-corrected chi connectivity index (χ3v) is 3.52. The molecule has 0 N–H and O–H groups in total. The van der Waals surface area contributed by atoms with Gasteiger partial charge in [0.1, 0.15) is 0 Å². The number of hydrogen-bond donors (Lipinski definition) is 0. The quantitative estimate of drug-likeness (QED) is 0.470. The highest BCUT2D eigenvalue weighted by Gasteiger charge is 2.07. The predicted molar refractivity (Wildman–Crippen MR) is 79.3 cm³/mol. The first-order valence-corrected chi connectivity index (χ1v) is 7.50. The molecule has 0 spiro atoms. The van der Waals surface area contributed by atoms with Gasteiger partial charge in [-0.1, -0.05) is 57.7 Å². The van der Waals surface area contributed by atoms with Crippen molar-refractivity contribution in [1.82, 2.24) is 0 Å². The maximum Gasteiger partial charge on any atom is 0.338 e. The maximum absolute atomic E-state index is 11.7. The molecular formula is C17H26O2. The van der Waals surface area contributed by atoms with Gasteiger partial charge in [-0.25, -0.2) is 4.79 Å². The molecule has 106 valence electrons. The van der Waals surface area contributed by atoms with Crippen LogP contribution < -0.4 is 0 Å². The van der Waals surface area contributed by atoms with Crippen LogP contribution in [0, 0.1) is 5.92 Å². The molecule has 0 bridgehead atoms. The van der Waals surface area contributed by atoms with Crippen molar-refractivity contribution >= 4 is 5.97 Å². The predicted octanol–water partition coefficient (Wildman–Crippen LogP) is 4.84. The average Bonchev–Trinajstić information content (AvgIpc) is 2.46. The second kappa shape index (κ2) is 9.60. The van der Waals surface area contributed by atoms with Crippen molar-refractivity contribution in [2.45, 2.75) is 52.4 Å². The smallest absolute Gasteiger partial charge is 0.338 e. The Balaban J connectivity index is 2.12. The molecule has 0 fully saturated rings. The Morgan fingerprint density at radius 1 is 1.11 bits per heavy atom. The minimum Gasteiger partial charge on any atom is -0.462 e. The summed E-state index contributed by atoms with van der Waals surface area (Å²) in [6.45, 7) is 5.04. The minimum atomic E-state index is -0.207. The molecule has 1 aromatic rings. The van der Waals surface area contributed by atoms with Gasteiger partial charge in [0.25, 0.3) is 0 Å². The first-order valence-electron chi connectivity index (χ1n) is 7.50. The average molecular weight is 262 g/mol. The number of benzene rings is 1. The molecule has 0 aliphatic heterocycles. The number of ether oxygens (including phenoxy) is 1. The molecule has 1 unspecified atom stereocenters. The molecule has 0 aromatic heterocycles. The normalized spacial score (nSPS) is 12.1. The second-order valence-corrected chi connectivity index (χ2v) is 5.06. The van der Waals surface area contributed by atoms with E-state index in [2.05, 4.69) is 13.8 Å². The molecule has 0 heterocycles. The molecule has 0 radical (unpaired) electrons. The van der Waals surface area contributed by atoms with Crippen molar-refractivity contribution in [2.24, 2.45) is 5.92 Å². The Morgan fingerprint density at radius 2 is 1.84 bits per heavy atom. The molecule has 0 saturated carbocycles. The highest BCUT2D eigenvalue weighted by atomic mass is 16.5. The van der Waals surface area contributed by atoms with Gasteiger partial charge in [-0.15, -0.1) is 0 Å². The van der Waals surface area contributed by atoms with E-state index in [-0.39, 0.29) is 5.97 Å². The van der Waals surface area contributed by atoms with E-state index >= 15 is 0 Å². The van der Waals surface area contributed by atoms with E-state index < -0.39 is 0 Å². The molecule has 2 heteroatoms. The second-order valence-electron chi connectivity index (χ2n) is 5.06. The van der Waals surface area contributed by atoms with E-state index in [1.54, 1.807) is 12.1 Å². The first kappa shape index (κ1) is 15.7. The summed E-state index contributed by atoms with van der Waals surface area (Å²) in [6, 6.07) is 9.18. The Kier molecular flexibility index (Phi) is 7.95. The van der Waals surface area contributed by atoms with Gasteiger partial charge in [0.2, 0.25) is 0 Å². The Labute approximate surface area is 117 Å². The Morgan fingerprint density at radius 3 is 2.47 bits per heavy atom. The van der Waals surface area contributed by atoms with Gasteiger partial charge in [0.05, 0.1) is 12.2 Å². The standard InChI is InChI=1S/C17H26O2/c1-3-10-15(4-2)11-8-9-14-19-17(18)16-12-6-5-7-13-16/h5-7,12-13,15H,3-4,8-11,14H2,1-2H3. The number of esters is 1. The van der Waals surface area contributed by atoms with Crippen molar-refractivity contribution in [3.63, 3.8) is 0 Å². The van der Waals surface area contributed by atoms with Crippen molar-refractivity contribution in [1.29, 1.82) is 0 Å². The van der Waals surface area contributed by atoms with Crippen LogP contribution >= 0.6 is 0 Å². The zero-order chi connectivity index (χ0) is 13.9. The molecule has 2 nitrogen and oxygen atoms in total. The van der Waals surface area contributed by atoms with Crippen LogP contribution in [0.3, 0.4) is 0 Å². The van der Waals surface area contributed by atoms with E-state index in [1.807, 2.05) is 18.2 Å². The summed E-state index contributed by atoms with van der Waals surface area (Å²) in [5.74, 6) is 0.635. The third-order valence-electron chi connectivity index (χ3n) is 3.52. The van der Waals surface area contributed by atoms with Gasteiger partial charge in [0, 0.05) is 0 Å². The van der Waals surface area contributed by atoms with E-state index in [0.717, 1.165) is 18.8 Å². The van der Waals surface area contributed by atoms with E-state index in [1.165, 1.54) is 25.7 Å². The number of hydrogen-bond acceptors (Lipinski definition) is 2. The molecular weight excluding hydrogens is 236 g/mol. The van der Waals surface area contributed by atoms with Crippen LogP contribution in [0.25, 0.3) is 0 Å². The van der Waals surface area contributed by atoms with E-state index in [0.29, 0.717) is 12.2 Å². The summed E-state index contributed by atoms with van der Waals surface area (Å²) in [7, 11) is 0. The molecule has 0 amide bonds. The first-order chi connectivity index (χ1) is 9.27. The van der Waals surface area contributed by atoms with Crippen LogP contribution in [0.1, 0.15) is 62.7 Å². The summed E-state index contributed by atoms with van der Waals surface area (Å²) in [5.41, 5.74) is 0.639. The zero-order valence-electron chi connectivity index (χ0n) is 12.2. The van der Waals surface area contributed by atoms with Crippen LogP contribution in [-0.4, -0.2) is 12.6 Å². The lowest BCUT2D eigenvalue weighted by atomic mass is 9.95. The van der Waals surface area contributed by atoms with Crippen molar-refractivity contribution in [3.8, 4) is 0 Å². The number of unbranched alkanes of at least 4 members (excludes halogenated alkanes) is 1. The van der Waals surface area contributed by atoms with Crippen LogP contribution in [-0.2, 0) is 4.74 Å². The van der Waals surface area contributed by atoms with Crippen molar-refractivity contribution in [3.05, 3.63) is 35.9 Å². The SMILES string of the molecule is CCCC(CC)CCCCOC(=O)c1ccccc1. The largest absolute Gasteiger partial charge is 0.462 e. The van der Waals surface area contributed by atoms with Crippen molar-refractivity contribution in [2.75, 3.05) is 6.61 Å². The van der Waals surface area contributed by atoms with Crippen molar-refractivity contribution < 1.29 is 9.53 Å². The molecule has 19 heavy (non-hydrogen) atoms. The summed E-state index contributed by atoms with van der Waals surface area (Å²) in [6.07, 6.45) is 7.23. The third kappa shape index (κ3) is 6.42. The fraction of sp³-hybridized carbons (Fsp3) is 0.588. The van der Waals surface area contributed by atoms with E-state index in [9.17, 15) is 4.79 Å². The topological polar surface area (TPSA) is 26.3 Å². The number of rotatable bonds is 9. The number of carbonyl (C=O) groups excluding carboxylic acids is 1. The Hall–Kier alpha value is -1.31. The summed E-state index contributed by atoms with van der Waals surface area (Å²) < 4.78 is 5.26. The summed E-state index contributed by atoms with van der Waals surface area (Å²) in [5, 5.41) is 0.